The zero-order chi connectivity index (χ0) is 14.2. The molecule has 104 valence electrons. The summed E-state index contributed by atoms with van der Waals surface area (Å²) in [6, 6.07) is 10.2. The van der Waals surface area contributed by atoms with Crippen LogP contribution in [0.15, 0.2) is 35.7 Å². The Bertz CT molecular complexity index is 625. The number of anilines is 1. The first-order valence-corrected chi connectivity index (χ1v) is 7.81. The van der Waals surface area contributed by atoms with Crippen LogP contribution in [0.1, 0.15) is 20.3 Å². The van der Waals surface area contributed by atoms with Crippen LogP contribution in [0.2, 0.25) is 0 Å². The molecule has 20 heavy (non-hydrogen) atoms. The monoisotopic (exact) mass is 304 g/mol. The summed E-state index contributed by atoms with van der Waals surface area (Å²) in [6.45, 7) is 4.20. The molecule has 2 aromatic rings. The van der Waals surface area contributed by atoms with E-state index in [2.05, 4.69) is 47.1 Å². The van der Waals surface area contributed by atoms with Crippen LogP contribution >= 0.6 is 23.6 Å². The smallest absolute Gasteiger partial charge is 0.207 e. The molecule has 1 saturated heterocycles. The highest BCUT2D eigenvalue weighted by atomic mass is 32.1. The minimum absolute atomic E-state index is 0.199. The lowest BCUT2D eigenvalue weighted by Gasteiger charge is -2.22. The standard InChI is InChI=1S/C14H16N4S2/c1-3-14(2)16-12(19)18(17-14)13-15-11(9-20-13)10-7-5-4-6-8-10/h4-9,17H,3H2,1-2H3,(H,16,19)/t14-/m1/s1. The van der Waals surface area contributed by atoms with Gasteiger partial charge in [-0.1, -0.05) is 37.3 Å². The van der Waals surface area contributed by atoms with Crippen LogP contribution in [0.5, 0.6) is 0 Å². The Labute approximate surface area is 127 Å². The lowest BCUT2D eigenvalue weighted by atomic mass is 10.2. The van der Waals surface area contributed by atoms with Crippen molar-refractivity contribution in [3.8, 4) is 11.3 Å². The number of benzene rings is 1. The maximum atomic E-state index is 5.38. The molecule has 0 aliphatic carbocycles. The summed E-state index contributed by atoms with van der Waals surface area (Å²) < 4.78 is 0. The quantitative estimate of drug-likeness (QED) is 0.853. The molecule has 0 bridgehead atoms. The van der Waals surface area contributed by atoms with Gasteiger partial charge >= 0.3 is 0 Å². The third-order valence-corrected chi connectivity index (χ3v) is 4.51. The van der Waals surface area contributed by atoms with Gasteiger partial charge in [0, 0.05) is 10.9 Å². The molecule has 1 aromatic heterocycles. The van der Waals surface area contributed by atoms with E-state index in [0.29, 0.717) is 5.11 Å². The Morgan fingerprint density at radius 1 is 1.35 bits per heavy atom. The van der Waals surface area contributed by atoms with Gasteiger partial charge in [-0.05, 0) is 25.6 Å². The second kappa shape index (κ2) is 5.12. The van der Waals surface area contributed by atoms with E-state index < -0.39 is 0 Å². The van der Waals surface area contributed by atoms with Gasteiger partial charge in [-0.3, -0.25) is 0 Å². The largest absolute Gasteiger partial charge is 0.342 e. The molecule has 1 aliphatic heterocycles. The average Bonchev–Trinajstić information content (AvgIpc) is 3.05. The highest BCUT2D eigenvalue weighted by Crippen LogP contribution is 2.29. The second-order valence-electron chi connectivity index (χ2n) is 4.94. The number of nitrogens with one attached hydrogen (secondary N) is 2. The van der Waals surface area contributed by atoms with Crippen molar-refractivity contribution in [1.29, 1.82) is 0 Å². The minimum Gasteiger partial charge on any atom is -0.342 e. The number of hydrogen-bond acceptors (Lipinski definition) is 4. The zero-order valence-electron chi connectivity index (χ0n) is 11.4. The molecule has 1 fully saturated rings. The van der Waals surface area contributed by atoms with Crippen molar-refractivity contribution in [3.63, 3.8) is 0 Å². The number of hydrogen-bond donors (Lipinski definition) is 2. The molecule has 0 saturated carbocycles. The van der Waals surface area contributed by atoms with Crippen molar-refractivity contribution in [2.75, 3.05) is 5.01 Å². The molecule has 4 nitrogen and oxygen atoms in total. The molecule has 0 radical (unpaired) electrons. The summed E-state index contributed by atoms with van der Waals surface area (Å²) in [5.41, 5.74) is 5.27. The van der Waals surface area contributed by atoms with Gasteiger partial charge in [0.05, 0.1) is 5.69 Å². The SMILES string of the molecule is CC[C@]1(C)NC(=S)N(c2nc(-c3ccccc3)cs2)N1. The Hall–Kier alpha value is -1.50. The van der Waals surface area contributed by atoms with Gasteiger partial charge in [-0.2, -0.15) is 0 Å². The normalized spacial score (nSPS) is 22.1. The van der Waals surface area contributed by atoms with Crippen molar-refractivity contribution < 1.29 is 0 Å². The third-order valence-electron chi connectivity index (χ3n) is 3.40. The van der Waals surface area contributed by atoms with Crippen LogP contribution in [-0.2, 0) is 0 Å². The van der Waals surface area contributed by atoms with Gasteiger partial charge < -0.3 is 5.32 Å². The van der Waals surface area contributed by atoms with E-state index in [-0.39, 0.29) is 5.66 Å². The van der Waals surface area contributed by atoms with Gasteiger partial charge in [0.1, 0.15) is 5.66 Å². The highest BCUT2D eigenvalue weighted by Gasteiger charge is 2.36. The second-order valence-corrected chi connectivity index (χ2v) is 6.17. The first-order valence-electron chi connectivity index (χ1n) is 6.52. The highest BCUT2D eigenvalue weighted by molar-refractivity contribution is 7.80. The number of hydrazine groups is 1. The molecule has 2 heterocycles. The van der Waals surface area contributed by atoms with Gasteiger partial charge in [0.15, 0.2) is 5.11 Å². The van der Waals surface area contributed by atoms with E-state index in [1.54, 1.807) is 11.3 Å². The predicted octanol–water partition coefficient (Wildman–Crippen LogP) is 3.14. The topological polar surface area (TPSA) is 40.2 Å². The molecule has 2 N–H and O–H groups in total. The van der Waals surface area contributed by atoms with Gasteiger partial charge in [-0.25, -0.2) is 15.4 Å². The third kappa shape index (κ3) is 2.42. The van der Waals surface area contributed by atoms with E-state index in [0.717, 1.165) is 22.8 Å². The summed E-state index contributed by atoms with van der Waals surface area (Å²) in [7, 11) is 0. The van der Waals surface area contributed by atoms with Crippen molar-refractivity contribution in [1.82, 2.24) is 15.7 Å². The summed E-state index contributed by atoms with van der Waals surface area (Å²) in [5, 5.41) is 8.73. The number of thiocarbonyl (C=S) groups is 1. The molecule has 0 amide bonds. The Kier molecular flexibility index (Phi) is 3.45. The minimum atomic E-state index is -0.199. The van der Waals surface area contributed by atoms with Gasteiger partial charge in [-0.15, -0.1) is 11.3 Å². The first-order chi connectivity index (χ1) is 9.61. The summed E-state index contributed by atoms with van der Waals surface area (Å²) in [6.07, 6.45) is 0.931. The van der Waals surface area contributed by atoms with Crippen LogP contribution < -0.4 is 15.8 Å². The Morgan fingerprint density at radius 2 is 2.10 bits per heavy atom. The number of rotatable bonds is 3. The van der Waals surface area contributed by atoms with Crippen LogP contribution in [0.3, 0.4) is 0 Å². The van der Waals surface area contributed by atoms with Crippen LogP contribution in [-0.4, -0.2) is 15.8 Å². The van der Waals surface area contributed by atoms with E-state index >= 15 is 0 Å². The summed E-state index contributed by atoms with van der Waals surface area (Å²) in [4.78, 5) is 4.67. The Balaban J connectivity index is 1.86. The van der Waals surface area contributed by atoms with Crippen LogP contribution in [0.4, 0.5) is 5.13 Å². The number of thiazole rings is 1. The van der Waals surface area contributed by atoms with Crippen molar-refractivity contribution in [2.24, 2.45) is 0 Å². The number of nitrogens with zero attached hydrogens (tertiary/aromatic N) is 2. The molecule has 1 atom stereocenters. The number of aromatic nitrogens is 1. The fourth-order valence-electron chi connectivity index (χ4n) is 2.03. The fraction of sp³-hybridized carbons (Fsp3) is 0.286. The molecule has 0 spiro atoms. The fourth-order valence-corrected chi connectivity index (χ4v) is 3.24. The van der Waals surface area contributed by atoms with Crippen LogP contribution in [0, 0.1) is 0 Å². The van der Waals surface area contributed by atoms with Crippen molar-refractivity contribution in [3.05, 3.63) is 35.7 Å². The van der Waals surface area contributed by atoms with Gasteiger partial charge in [0.25, 0.3) is 0 Å². The molecule has 1 aliphatic rings. The molecule has 1 aromatic carbocycles. The first kappa shape index (κ1) is 13.5. The van der Waals surface area contributed by atoms with E-state index in [1.807, 2.05) is 23.2 Å². The summed E-state index contributed by atoms with van der Waals surface area (Å²) in [5.74, 6) is 0. The predicted molar refractivity (Wildman–Crippen MR) is 87.6 cm³/mol. The average molecular weight is 304 g/mol. The molecule has 6 heteroatoms. The van der Waals surface area contributed by atoms with Crippen molar-refractivity contribution in [2.45, 2.75) is 25.9 Å². The molecular weight excluding hydrogens is 288 g/mol. The van der Waals surface area contributed by atoms with E-state index in [1.165, 1.54) is 0 Å². The van der Waals surface area contributed by atoms with Crippen molar-refractivity contribution >= 4 is 33.8 Å². The molecule has 0 unspecified atom stereocenters. The Morgan fingerprint density at radius 3 is 2.75 bits per heavy atom. The maximum absolute atomic E-state index is 5.38. The lowest BCUT2D eigenvalue weighted by Crippen LogP contribution is -2.47. The van der Waals surface area contributed by atoms with Crippen LogP contribution in [0.25, 0.3) is 11.3 Å². The molecular formula is C14H16N4S2. The van der Waals surface area contributed by atoms with E-state index in [4.69, 9.17) is 12.2 Å². The van der Waals surface area contributed by atoms with Gasteiger partial charge in [0.2, 0.25) is 5.13 Å². The van der Waals surface area contributed by atoms with E-state index in [9.17, 15) is 0 Å². The lowest BCUT2D eigenvalue weighted by molar-refractivity contribution is 0.362. The summed E-state index contributed by atoms with van der Waals surface area (Å²) >= 11 is 6.96. The molecule has 3 rings (SSSR count). The zero-order valence-corrected chi connectivity index (χ0v) is 13.0. The maximum Gasteiger partial charge on any atom is 0.207 e.